The maximum absolute atomic E-state index is 6.01. The lowest BCUT2D eigenvalue weighted by atomic mass is 10.2. The molecule has 22 heavy (non-hydrogen) atoms. The van der Waals surface area contributed by atoms with Crippen LogP contribution in [0.1, 0.15) is 12.8 Å². The number of fused-ring (bicyclic) bond motifs is 1. The van der Waals surface area contributed by atoms with Crippen LogP contribution in [0.15, 0.2) is 54.7 Å². The van der Waals surface area contributed by atoms with E-state index < -0.39 is 0 Å². The summed E-state index contributed by atoms with van der Waals surface area (Å²) in [6.45, 7) is 1.70. The number of nitrogens with zero attached hydrogens (tertiary/aromatic N) is 1. The van der Waals surface area contributed by atoms with Crippen LogP contribution in [-0.4, -0.2) is 11.2 Å². The number of benzene rings is 2. The number of aryl methyl sites for hydroxylation is 1. The van der Waals surface area contributed by atoms with Crippen molar-refractivity contribution in [3.63, 3.8) is 0 Å². The normalized spacial score (nSPS) is 11.0. The van der Waals surface area contributed by atoms with Crippen LogP contribution in [0, 0.1) is 0 Å². The Morgan fingerprint density at radius 3 is 2.45 bits per heavy atom. The first kappa shape index (κ1) is 15.3. The molecule has 0 saturated carbocycles. The molecule has 0 radical (unpaired) electrons. The fourth-order valence-electron chi connectivity index (χ4n) is 2.47. The fraction of sp³-hybridized carbons (Fsp3) is 0.222. The molecular weight excluding hydrogens is 317 g/mol. The Balaban J connectivity index is 1.47. The first-order valence-electron chi connectivity index (χ1n) is 7.35. The van der Waals surface area contributed by atoms with Crippen molar-refractivity contribution >= 4 is 34.1 Å². The molecule has 3 aromatic rings. The lowest BCUT2D eigenvalue weighted by Crippen LogP contribution is -2.01. The van der Waals surface area contributed by atoms with Gasteiger partial charge in [0.05, 0.1) is 6.61 Å². The van der Waals surface area contributed by atoms with Crippen molar-refractivity contribution in [2.24, 2.45) is 0 Å². The highest BCUT2D eigenvalue weighted by Crippen LogP contribution is 2.21. The summed E-state index contributed by atoms with van der Waals surface area (Å²) in [4.78, 5) is 0. The summed E-state index contributed by atoms with van der Waals surface area (Å²) < 4.78 is 7.96. The second-order valence-corrected chi connectivity index (χ2v) is 6.09. The highest BCUT2D eigenvalue weighted by atomic mass is 35.5. The Morgan fingerprint density at radius 2 is 1.64 bits per heavy atom. The molecule has 0 saturated heterocycles. The molecule has 0 atom stereocenters. The van der Waals surface area contributed by atoms with Crippen molar-refractivity contribution in [3.8, 4) is 5.75 Å². The van der Waals surface area contributed by atoms with Gasteiger partial charge in [-0.2, -0.15) is 0 Å². The van der Waals surface area contributed by atoms with Gasteiger partial charge in [-0.1, -0.05) is 23.2 Å². The first-order valence-corrected chi connectivity index (χ1v) is 8.11. The molecule has 4 heteroatoms. The van der Waals surface area contributed by atoms with Crippen LogP contribution in [-0.2, 0) is 6.54 Å². The molecule has 114 valence electrons. The minimum Gasteiger partial charge on any atom is -0.494 e. The zero-order chi connectivity index (χ0) is 15.4. The summed E-state index contributed by atoms with van der Waals surface area (Å²) in [7, 11) is 0. The van der Waals surface area contributed by atoms with Crippen LogP contribution in [0.5, 0.6) is 5.75 Å². The van der Waals surface area contributed by atoms with Gasteiger partial charge in [-0.25, -0.2) is 0 Å². The van der Waals surface area contributed by atoms with Crippen molar-refractivity contribution in [2.45, 2.75) is 19.4 Å². The predicted molar refractivity (Wildman–Crippen MR) is 93.1 cm³/mol. The zero-order valence-corrected chi connectivity index (χ0v) is 13.6. The minimum absolute atomic E-state index is 0.715. The van der Waals surface area contributed by atoms with E-state index in [1.54, 1.807) is 0 Å². The quantitative estimate of drug-likeness (QED) is 0.519. The van der Waals surface area contributed by atoms with Gasteiger partial charge in [-0.15, -0.1) is 0 Å². The molecule has 2 nitrogen and oxygen atoms in total. The second-order valence-electron chi connectivity index (χ2n) is 5.22. The van der Waals surface area contributed by atoms with E-state index in [2.05, 4.69) is 22.9 Å². The van der Waals surface area contributed by atoms with Gasteiger partial charge in [0, 0.05) is 33.7 Å². The van der Waals surface area contributed by atoms with Crippen molar-refractivity contribution in [1.29, 1.82) is 0 Å². The third-order valence-electron chi connectivity index (χ3n) is 3.61. The van der Waals surface area contributed by atoms with Crippen molar-refractivity contribution < 1.29 is 4.74 Å². The number of rotatable bonds is 6. The van der Waals surface area contributed by atoms with E-state index in [-0.39, 0.29) is 0 Å². The summed E-state index contributed by atoms with van der Waals surface area (Å²) in [5.41, 5.74) is 1.23. The van der Waals surface area contributed by atoms with Crippen LogP contribution in [0.3, 0.4) is 0 Å². The van der Waals surface area contributed by atoms with E-state index in [4.69, 9.17) is 27.9 Å². The lowest BCUT2D eigenvalue weighted by molar-refractivity contribution is 0.303. The largest absolute Gasteiger partial charge is 0.494 e. The van der Waals surface area contributed by atoms with Gasteiger partial charge in [0.1, 0.15) is 5.75 Å². The second kappa shape index (κ2) is 7.08. The number of aromatic nitrogens is 1. The zero-order valence-electron chi connectivity index (χ0n) is 12.1. The van der Waals surface area contributed by atoms with Gasteiger partial charge in [-0.05, 0) is 61.4 Å². The van der Waals surface area contributed by atoms with Crippen LogP contribution < -0.4 is 4.74 Å². The van der Waals surface area contributed by atoms with Crippen molar-refractivity contribution in [2.75, 3.05) is 6.61 Å². The molecule has 0 aliphatic carbocycles. The Hall–Kier alpha value is -1.64. The van der Waals surface area contributed by atoms with Gasteiger partial charge >= 0.3 is 0 Å². The average molecular weight is 334 g/mol. The number of ether oxygens (including phenoxy) is 1. The number of halogens is 2. The monoisotopic (exact) mass is 333 g/mol. The highest BCUT2D eigenvalue weighted by Gasteiger charge is 2.01. The average Bonchev–Trinajstić information content (AvgIpc) is 2.91. The van der Waals surface area contributed by atoms with Crippen molar-refractivity contribution in [3.05, 3.63) is 64.8 Å². The number of unbranched alkanes of at least 4 members (excludes halogenated alkanes) is 1. The molecule has 1 heterocycles. The Bertz CT molecular complexity index is 749. The molecule has 0 spiro atoms. The molecule has 3 rings (SSSR count). The molecular formula is C18H17Cl2NO. The molecule has 0 fully saturated rings. The number of hydrogen-bond donors (Lipinski definition) is 0. The van der Waals surface area contributed by atoms with Gasteiger partial charge in [0.2, 0.25) is 0 Å². The summed E-state index contributed by atoms with van der Waals surface area (Å²) in [6.07, 6.45) is 4.19. The molecule has 0 aliphatic heterocycles. The Morgan fingerprint density at radius 1 is 0.864 bits per heavy atom. The molecule has 0 amide bonds. The Kier molecular flexibility index (Phi) is 4.91. The molecule has 0 N–H and O–H groups in total. The van der Waals surface area contributed by atoms with Crippen molar-refractivity contribution in [1.82, 2.24) is 4.57 Å². The van der Waals surface area contributed by atoms with E-state index in [9.17, 15) is 0 Å². The SMILES string of the molecule is Clc1ccc(OCCCCn2ccc3cc(Cl)ccc32)cc1. The van der Waals surface area contributed by atoms with E-state index in [1.165, 1.54) is 10.9 Å². The number of hydrogen-bond acceptors (Lipinski definition) is 1. The molecule has 1 aromatic heterocycles. The summed E-state index contributed by atoms with van der Waals surface area (Å²) in [6, 6.07) is 15.6. The molecule has 2 aromatic carbocycles. The van der Waals surface area contributed by atoms with E-state index in [0.717, 1.165) is 35.2 Å². The van der Waals surface area contributed by atoms with E-state index in [1.807, 2.05) is 36.4 Å². The minimum atomic E-state index is 0.715. The standard InChI is InChI=1S/C18H17Cl2NO/c19-15-3-6-17(7-4-15)22-12-2-1-10-21-11-9-14-13-16(20)5-8-18(14)21/h3-9,11,13H,1-2,10,12H2. The maximum Gasteiger partial charge on any atom is 0.119 e. The van der Waals surface area contributed by atoms with Gasteiger partial charge in [0.25, 0.3) is 0 Å². The topological polar surface area (TPSA) is 14.2 Å². The maximum atomic E-state index is 6.01. The smallest absolute Gasteiger partial charge is 0.119 e. The predicted octanol–water partition coefficient (Wildman–Crippen LogP) is 5.81. The van der Waals surface area contributed by atoms with Gasteiger partial charge in [0.15, 0.2) is 0 Å². The van der Waals surface area contributed by atoms with Crippen LogP contribution in [0.2, 0.25) is 10.0 Å². The molecule has 0 unspecified atom stereocenters. The van der Waals surface area contributed by atoms with Crippen LogP contribution in [0.4, 0.5) is 0 Å². The van der Waals surface area contributed by atoms with Gasteiger partial charge in [-0.3, -0.25) is 0 Å². The first-order chi connectivity index (χ1) is 10.7. The molecule has 0 bridgehead atoms. The summed E-state index contributed by atoms with van der Waals surface area (Å²) >= 11 is 11.9. The van der Waals surface area contributed by atoms with E-state index in [0.29, 0.717) is 6.61 Å². The lowest BCUT2D eigenvalue weighted by Gasteiger charge is -2.08. The summed E-state index contributed by atoms with van der Waals surface area (Å²) in [5, 5.41) is 2.69. The Labute approximate surface area is 140 Å². The third-order valence-corrected chi connectivity index (χ3v) is 4.10. The highest BCUT2D eigenvalue weighted by molar-refractivity contribution is 6.31. The van der Waals surface area contributed by atoms with E-state index >= 15 is 0 Å². The molecule has 0 aliphatic rings. The summed E-state index contributed by atoms with van der Waals surface area (Å²) in [5.74, 6) is 0.866. The van der Waals surface area contributed by atoms with Gasteiger partial charge < -0.3 is 9.30 Å². The fourth-order valence-corrected chi connectivity index (χ4v) is 2.78. The van der Waals surface area contributed by atoms with Crippen LogP contribution in [0.25, 0.3) is 10.9 Å². The van der Waals surface area contributed by atoms with Crippen LogP contribution >= 0.6 is 23.2 Å². The third kappa shape index (κ3) is 3.76.